The Kier molecular flexibility index (Phi) is 17.6. The molecule has 0 saturated carbocycles. The van der Waals surface area contributed by atoms with Crippen LogP contribution in [0.1, 0.15) is 0 Å². The SMILES string of the molecule is N=N/N=N/N=N/N=N/OOOOOOOOOOOOOOO. The zero-order chi connectivity index (χ0) is 16.8. The number of nitrogens with zero attached hydrogens (tertiary/aromatic N) is 7. The van der Waals surface area contributed by atoms with Crippen LogP contribution in [0.15, 0.2) is 36.6 Å². The highest BCUT2D eigenvalue weighted by Crippen LogP contribution is 1.92. The highest BCUT2D eigenvalue weighted by molar-refractivity contribution is 4.04. The van der Waals surface area contributed by atoms with Crippen LogP contribution in [0.4, 0.5) is 0 Å². The van der Waals surface area contributed by atoms with Crippen LogP contribution in [0.3, 0.4) is 0 Å². The van der Waals surface area contributed by atoms with E-state index >= 15 is 0 Å². The summed E-state index contributed by atoms with van der Waals surface area (Å²) in [5.74, 6) is 0. The Labute approximate surface area is 119 Å². The van der Waals surface area contributed by atoms with Crippen molar-refractivity contribution >= 4 is 0 Å². The fourth-order valence-electron chi connectivity index (χ4n) is 0.257. The molecule has 0 atom stereocenters. The van der Waals surface area contributed by atoms with E-state index in [1.54, 1.807) is 0 Å². The second kappa shape index (κ2) is 19.6. The average Bonchev–Trinajstić information content (AvgIpc) is 2.57. The molecule has 0 aliphatic carbocycles. The fraction of sp³-hybridized carbons (Fsp3) is 0. The predicted molar refractivity (Wildman–Crippen MR) is 37.5 cm³/mol. The third kappa shape index (κ3) is 19.6. The Balaban J connectivity index is 3.13. The minimum atomic E-state index is 2.45. The van der Waals surface area contributed by atoms with Crippen molar-refractivity contribution in [1.29, 1.82) is 5.53 Å². The zero-order valence-corrected chi connectivity index (χ0v) is 9.79. The molecule has 0 aromatic carbocycles. The zero-order valence-electron chi connectivity index (χ0n) is 9.79. The molecule has 0 amide bonds. The van der Waals surface area contributed by atoms with Gasteiger partial charge in [-0.25, -0.2) is 5.26 Å². The monoisotopic (exact) mass is 354 g/mol. The molecule has 23 heavy (non-hydrogen) atoms. The molecule has 23 nitrogen and oxygen atoms in total. The van der Waals surface area contributed by atoms with Crippen LogP contribution in [-0.2, 0) is 70.5 Å². The van der Waals surface area contributed by atoms with Crippen molar-refractivity contribution in [2.45, 2.75) is 0 Å². The van der Waals surface area contributed by atoms with E-state index in [0.717, 1.165) is 0 Å². The Morgan fingerprint density at radius 3 is 1.48 bits per heavy atom. The van der Waals surface area contributed by atoms with Crippen LogP contribution >= 0.6 is 0 Å². The van der Waals surface area contributed by atoms with E-state index in [4.69, 9.17) is 10.8 Å². The van der Waals surface area contributed by atoms with Gasteiger partial charge in [0.15, 0.2) is 0 Å². The summed E-state index contributed by atoms with van der Waals surface area (Å²) in [4.78, 5) is 3.73. The minimum absolute atomic E-state index is 2.45. The molecule has 0 aliphatic heterocycles. The van der Waals surface area contributed by atoms with Gasteiger partial charge in [0.25, 0.3) is 0 Å². The van der Waals surface area contributed by atoms with Crippen LogP contribution < -0.4 is 0 Å². The molecule has 23 heteroatoms. The molecule has 0 aromatic rings. The summed E-state index contributed by atoms with van der Waals surface area (Å²) in [6.07, 6.45) is 0. The quantitative estimate of drug-likeness (QED) is 0.157. The maximum atomic E-state index is 7.51. The lowest BCUT2D eigenvalue weighted by Gasteiger charge is -1.97. The second-order valence-corrected chi connectivity index (χ2v) is 1.59. The van der Waals surface area contributed by atoms with E-state index in [2.05, 4.69) is 107 Å². The van der Waals surface area contributed by atoms with Crippen molar-refractivity contribution in [1.82, 2.24) is 0 Å². The number of hydrogen-bond acceptors (Lipinski definition) is 17. The normalized spacial score (nSPS) is 11.9. The van der Waals surface area contributed by atoms with E-state index in [0.29, 0.717) is 0 Å². The van der Waals surface area contributed by atoms with Crippen molar-refractivity contribution < 1.29 is 75.7 Å². The molecule has 0 saturated heterocycles. The summed E-state index contributed by atoms with van der Waals surface area (Å²) in [5.41, 5.74) is 6.16. The molecular formula is H2N8O15. The van der Waals surface area contributed by atoms with Gasteiger partial charge >= 0.3 is 0 Å². The Hall–Kier alpha value is -2.36. The van der Waals surface area contributed by atoms with Crippen LogP contribution in [0.5, 0.6) is 0 Å². The van der Waals surface area contributed by atoms with Gasteiger partial charge < -0.3 is 0 Å². The van der Waals surface area contributed by atoms with Gasteiger partial charge in [0.1, 0.15) is 0 Å². The summed E-state index contributed by atoms with van der Waals surface area (Å²) in [6, 6.07) is 0. The van der Waals surface area contributed by atoms with E-state index in [1.165, 1.54) is 0 Å². The topological polar surface area (TPSA) is 260 Å². The lowest BCUT2D eigenvalue weighted by Crippen LogP contribution is -2.03. The van der Waals surface area contributed by atoms with Gasteiger partial charge in [-0.15, -0.1) is 0 Å². The lowest BCUT2D eigenvalue weighted by atomic mass is 12.4. The largest absolute Gasteiger partial charge is 0.219 e. The number of rotatable bonds is 17. The summed E-state index contributed by atoms with van der Waals surface area (Å²) in [5, 5.41) is 71.1. The molecule has 0 rings (SSSR count). The first-order valence-electron chi connectivity index (χ1n) is 3.96. The van der Waals surface area contributed by atoms with Crippen LogP contribution in [-0.4, -0.2) is 5.26 Å². The van der Waals surface area contributed by atoms with E-state index in [-0.39, 0.29) is 0 Å². The van der Waals surface area contributed by atoms with Crippen molar-refractivity contribution in [3.63, 3.8) is 0 Å². The van der Waals surface area contributed by atoms with Gasteiger partial charge in [-0.3, -0.25) is 0 Å². The molecule has 0 radical (unpaired) electrons. The van der Waals surface area contributed by atoms with Gasteiger partial charge in [-0.2, -0.15) is 10.5 Å². The van der Waals surface area contributed by atoms with Gasteiger partial charge in [0, 0.05) is 50.9 Å². The first kappa shape index (κ1) is 20.6. The smallest absolute Gasteiger partial charge is 0.0907 e. The summed E-state index contributed by atoms with van der Waals surface area (Å²) >= 11 is 0. The molecule has 0 fully saturated rings. The first-order valence-corrected chi connectivity index (χ1v) is 3.96. The maximum absolute atomic E-state index is 7.51. The number of nitrogens with one attached hydrogen (secondary N) is 1. The fourth-order valence-corrected chi connectivity index (χ4v) is 0.257. The van der Waals surface area contributed by atoms with Gasteiger partial charge in [0.05, 0.1) is 5.28 Å². The van der Waals surface area contributed by atoms with Crippen molar-refractivity contribution in [2.75, 3.05) is 0 Å². The number of hydrogen-bond donors (Lipinski definition) is 2. The third-order valence-electron chi connectivity index (χ3n) is 0.641. The molecule has 0 bridgehead atoms. The average molecular weight is 354 g/mol. The van der Waals surface area contributed by atoms with Gasteiger partial charge in [0.2, 0.25) is 0 Å². The third-order valence-corrected chi connectivity index (χ3v) is 0.641. The highest BCUT2D eigenvalue weighted by Gasteiger charge is 1.98. The first-order chi connectivity index (χ1) is 11.4. The van der Waals surface area contributed by atoms with Crippen molar-refractivity contribution in [3.8, 4) is 0 Å². The van der Waals surface area contributed by atoms with E-state index < -0.39 is 0 Å². The molecule has 132 valence electrons. The minimum Gasteiger partial charge on any atom is -0.219 e. The van der Waals surface area contributed by atoms with Gasteiger partial charge in [-0.1, -0.05) is 0 Å². The molecule has 0 aromatic heterocycles. The summed E-state index contributed by atoms with van der Waals surface area (Å²) in [7, 11) is 0. The van der Waals surface area contributed by atoms with Crippen molar-refractivity contribution in [2.24, 2.45) is 36.6 Å². The molecule has 0 unspecified atom stereocenters. The molecule has 2 N–H and O–H groups in total. The highest BCUT2D eigenvalue weighted by atomic mass is 18.0. The Morgan fingerprint density at radius 2 is 0.957 bits per heavy atom. The van der Waals surface area contributed by atoms with Crippen LogP contribution in [0, 0.1) is 5.53 Å². The van der Waals surface area contributed by atoms with Crippen molar-refractivity contribution in [3.05, 3.63) is 0 Å². The Bertz CT molecular complexity index is 327. The summed E-state index contributed by atoms with van der Waals surface area (Å²) < 4.78 is 0. The standard InChI is InChI=1S/H2N8O15/c1-2-3-4-5-6-7-8-10-12-14-16-18-20-22-23-21-19-17-15-13-11-9/h1,9H/b2-1?,4-3+,6-5+,8-7+. The van der Waals surface area contributed by atoms with E-state index in [9.17, 15) is 0 Å². The summed E-state index contributed by atoms with van der Waals surface area (Å²) in [6.45, 7) is 0. The second-order valence-electron chi connectivity index (χ2n) is 1.59. The maximum Gasteiger partial charge on any atom is 0.0907 e. The van der Waals surface area contributed by atoms with Crippen LogP contribution in [0.25, 0.3) is 0 Å². The lowest BCUT2D eigenvalue weighted by molar-refractivity contribution is -0.879. The Morgan fingerprint density at radius 1 is 0.522 bits per heavy atom. The van der Waals surface area contributed by atoms with E-state index in [1.807, 2.05) is 0 Å². The molecule has 0 heterocycles. The predicted octanol–water partition coefficient (Wildman–Crippen LogP) is 0.634. The molecular weight excluding hydrogens is 352 g/mol. The van der Waals surface area contributed by atoms with Crippen LogP contribution in [0.2, 0.25) is 0 Å². The molecule has 0 spiro atoms. The molecule has 0 aliphatic rings. The van der Waals surface area contributed by atoms with Gasteiger partial charge in [-0.05, 0) is 45.9 Å².